The van der Waals surface area contributed by atoms with E-state index in [0.717, 1.165) is 19.3 Å². The molecular weight excluding hydrogens is 256 g/mol. The van der Waals surface area contributed by atoms with Crippen LogP contribution in [0.3, 0.4) is 0 Å². The summed E-state index contributed by atoms with van der Waals surface area (Å²) in [4.78, 5) is 23.6. The van der Waals surface area contributed by atoms with Crippen LogP contribution in [0, 0.1) is 5.92 Å². The first-order chi connectivity index (χ1) is 9.70. The number of amides is 2. The molecule has 2 amide bonds. The van der Waals surface area contributed by atoms with Crippen molar-refractivity contribution >= 4 is 11.8 Å². The maximum absolute atomic E-state index is 11.8. The molecule has 0 bridgehead atoms. The normalized spacial score (nSPS) is 21.4. The van der Waals surface area contributed by atoms with Crippen molar-refractivity contribution in [1.82, 2.24) is 10.6 Å². The van der Waals surface area contributed by atoms with Gasteiger partial charge in [0.05, 0.1) is 6.54 Å². The lowest BCUT2D eigenvalue weighted by molar-refractivity contribution is -0.121. The highest BCUT2D eigenvalue weighted by Gasteiger charge is 2.27. The predicted octanol–water partition coefficient (Wildman–Crippen LogP) is 0.694. The Morgan fingerprint density at radius 1 is 1.20 bits per heavy atom. The van der Waals surface area contributed by atoms with Gasteiger partial charge >= 0.3 is 0 Å². The largest absolute Gasteiger partial charge is 0.396 e. The van der Waals surface area contributed by atoms with Crippen LogP contribution in [0.1, 0.15) is 29.6 Å². The molecule has 2 unspecified atom stereocenters. The Morgan fingerprint density at radius 2 is 1.95 bits per heavy atom. The van der Waals surface area contributed by atoms with Crippen LogP contribution in [-0.4, -0.2) is 36.1 Å². The zero-order chi connectivity index (χ0) is 14.4. The van der Waals surface area contributed by atoms with Crippen molar-refractivity contribution < 1.29 is 14.7 Å². The summed E-state index contributed by atoms with van der Waals surface area (Å²) in [5, 5.41) is 14.7. The van der Waals surface area contributed by atoms with Crippen LogP contribution < -0.4 is 10.6 Å². The van der Waals surface area contributed by atoms with Crippen LogP contribution in [0.15, 0.2) is 30.3 Å². The van der Waals surface area contributed by atoms with Gasteiger partial charge in [0, 0.05) is 24.1 Å². The van der Waals surface area contributed by atoms with E-state index in [1.54, 1.807) is 24.3 Å². The summed E-state index contributed by atoms with van der Waals surface area (Å²) in [5.74, 6) is -0.325. The number of benzene rings is 1. The minimum Gasteiger partial charge on any atom is -0.396 e. The predicted molar refractivity (Wildman–Crippen MR) is 75.1 cm³/mol. The fourth-order valence-electron chi connectivity index (χ4n) is 2.56. The van der Waals surface area contributed by atoms with Crippen LogP contribution in [-0.2, 0) is 4.79 Å². The van der Waals surface area contributed by atoms with Gasteiger partial charge in [-0.1, -0.05) is 24.6 Å². The molecule has 1 aliphatic carbocycles. The lowest BCUT2D eigenvalue weighted by Crippen LogP contribution is -2.44. The Labute approximate surface area is 118 Å². The van der Waals surface area contributed by atoms with Crippen molar-refractivity contribution in [2.45, 2.75) is 25.3 Å². The molecule has 5 heteroatoms. The smallest absolute Gasteiger partial charge is 0.251 e. The van der Waals surface area contributed by atoms with Crippen LogP contribution in [0.4, 0.5) is 0 Å². The van der Waals surface area contributed by atoms with Crippen LogP contribution in [0.25, 0.3) is 0 Å². The molecule has 1 saturated carbocycles. The molecule has 0 spiro atoms. The summed E-state index contributed by atoms with van der Waals surface area (Å²) < 4.78 is 0. The van der Waals surface area contributed by atoms with Gasteiger partial charge in [-0.25, -0.2) is 0 Å². The van der Waals surface area contributed by atoms with Gasteiger partial charge in [-0.3, -0.25) is 9.59 Å². The first kappa shape index (κ1) is 14.5. The third-order valence-corrected chi connectivity index (χ3v) is 3.69. The van der Waals surface area contributed by atoms with Gasteiger partial charge in [0.15, 0.2) is 0 Å². The summed E-state index contributed by atoms with van der Waals surface area (Å²) in [6.07, 6.45) is 2.86. The van der Waals surface area contributed by atoms with Crippen LogP contribution >= 0.6 is 0 Å². The zero-order valence-corrected chi connectivity index (χ0v) is 11.3. The average Bonchev–Trinajstić information content (AvgIpc) is 2.92. The molecule has 0 heterocycles. The molecule has 1 aromatic carbocycles. The van der Waals surface area contributed by atoms with Crippen molar-refractivity contribution in [2.75, 3.05) is 13.2 Å². The molecule has 5 nitrogen and oxygen atoms in total. The number of rotatable bonds is 5. The first-order valence-electron chi connectivity index (χ1n) is 6.94. The number of hydrogen-bond donors (Lipinski definition) is 3. The van der Waals surface area contributed by atoms with Crippen molar-refractivity contribution in [2.24, 2.45) is 5.92 Å². The SMILES string of the molecule is O=C(CNC(=O)c1ccccc1)NC1CCCC1CO. The summed E-state index contributed by atoms with van der Waals surface area (Å²) >= 11 is 0. The molecule has 2 atom stereocenters. The van der Waals surface area contributed by atoms with E-state index in [9.17, 15) is 14.7 Å². The average molecular weight is 276 g/mol. The number of carbonyl (C=O) groups excluding carboxylic acids is 2. The second kappa shape index (κ2) is 7.05. The highest BCUT2D eigenvalue weighted by Crippen LogP contribution is 2.24. The lowest BCUT2D eigenvalue weighted by atomic mass is 10.1. The molecule has 20 heavy (non-hydrogen) atoms. The van der Waals surface area contributed by atoms with E-state index in [0.29, 0.717) is 5.56 Å². The summed E-state index contributed by atoms with van der Waals surface area (Å²) in [6.45, 7) is 0.0592. The molecule has 0 saturated heterocycles. The van der Waals surface area contributed by atoms with Crippen molar-refractivity contribution in [3.63, 3.8) is 0 Å². The Balaban J connectivity index is 1.76. The maximum Gasteiger partial charge on any atom is 0.251 e. The number of aliphatic hydroxyl groups excluding tert-OH is 1. The summed E-state index contributed by atoms with van der Waals surface area (Å²) in [6, 6.07) is 8.82. The van der Waals surface area contributed by atoms with E-state index in [4.69, 9.17) is 0 Å². The van der Waals surface area contributed by atoms with E-state index >= 15 is 0 Å². The van der Waals surface area contributed by atoms with Gasteiger partial charge in [-0.05, 0) is 25.0 Å². The fourth-order valence-corrected chi connectivity index (χ4v) is 2.56. The molecule has 108 valence electrons. The van der Waals surface area contributed by atoms with E-state index in [-0.39, 0.29) is 36.9 Å². The van der Waals surface area contributed by atoms with Crippen LogP contribution in [0.5, 0.6) is 0 Å². The van der Waals surface area contributed by atoms with Gasteiger partial charge < -0.3 is 15.7 Å². The van der Waals surface area contributed by atoms with E-state index < -0.39 is 0 Å². The topological polar surface area (TPSA) is 78.4 Å². The molecule has 0 aliphatic heterocycles. The molecular formula is C15H20N2O3. The Bertz CT molecular complexity index is 461. The van der Waals surface area contributed by atoms with Crippen LogP contribution in [0.2, 0.25) is 0 Å². The second-order valence-corrected chi connectivity index (χ2v) is 5.10. The van der Waals surface area contributed by atoms with Gasteiger partial charge in [-0.2, -0.15) is 0 Å². The third kappa shape index (κ3) is 3.81. The van der Waals surface area contributed by atoms with Gasteiger partial charge in [-0.15, -0.1) is 0 Å². The van der Waals surface area contributed by atoms with Crippen molar-refractivity contribution in [3.05, 3.63) is 35.9 Å². The Kier molecular flexibility index (Phi) is 5.12. The summed E-state index contributed by atoms with van der Waals surface area (Å²) in [7, 11) is 0. The van der Waals surface area contributed by atoms with Gasteiger partial charge in [0.25, 0.3) is 5.91 Å². The van der Waals surface area contributed by atoms with E-state index in [2.05, 4.69) is 10.6 Å². The lowest BCUT2D eigenvalue weighted by Gasteiger charge is -2.19. The minimum atomic E-state index is -0.258. The Morgan fingerprint density at radius 3 is 2.65 bits per heavy atom. The monoisotopic (exact) mass is 276 g/mol. The molecule has 0 aromatic heterocycles. The zero-order valence-electron chi connectivity index (χ0n) is 11.3. The molecule has 3 N–H and O–H groups in total. The first-order valence-corrected chi connectivity index (χ1v) is 6.94. The highest BCUT2D eigenvalue weighted by atomic mass is 16.3. The number of carbonyl (C=O) groups is 2. The second-order valence-electron chi connectivity index (χ2n) is 5.10. The molecule has 1 aromatic rings. The van der Waals surface area contributed by atoms with E-state index in [1.807, 2.05) is 6.07 Å². The third-order valence-electron chi connectivity index (χ3n) is 3.69. The Hall–Kier alpha value is -1.88. The quantitative estimate of drug-likeness (QED) is 0.740. The van der Waals surface area contributed by atoms with Gasteiger partial charge in [0.1, 0.15) is 0 Å². The molecule has 2 rings (SSSR count). The van der Waals surface area contributed by atoms with Crippen molar-refractivity contribution in [3.8, 4) is 0 Å². The van der Waals surface area contributed by atoms with Gasteiger partial charge in [0.2, 0.25) is 5.91 Å². The van der Waals surface area contributed by atoms with Crippen molar-refractivity contribution in [1.29, 1.82) is 0 Å². The number of hydrogen-bond acceptors (Lipinski definition) is 3. The number of aliphatic hydroxyl groups is 1. The standard InChI is InChI=1S/C15H20N2O3/c18-10-12-7-4-8-13(12)17-14(19)9-16-15(20)11-5-2-1-3-6-11/h1-3,5-6,12-13,18H,4,7-10H2,(H,16,20)(H,17,19). The minimum absolute atomic E-state index is 0.0288. The molecule has 1 aliphatic rings. The molecule has 1 fully saturated rings. The number of nitrogens with one attached hydrogen (secondary N) is 2. The summed E-state index contributed by atoms with van der Waals surface area (Å²) in [5.41, 5.74) is 0.536. The highest BCUT2D eigenvalue weighted by molar-refractivity contribution is 5.96. The maximum atomic E-state index is 11.8. The van der Waals surface area contributed by atoms with E-state index in [1.165, 1.54) is 0 Å². The molecule has 0 radical (unpaired) electrons. The fraction of sp³-hybridized carbons (Fsp3) is 0.467.